The van der Waals surface area contributed by atoms with Gasteiger partial charge < -0.3 is 5.32 Å². The molecule has 2 heterocycles. The highest BCUT2D eigenvalue weighted by atomic mass is 32.1. The van der Waals surface area contributed by atoms with E-state index in [9.17, 15) is 0 Å². The standard InChI is InChI=1S/C12H19N5S2/c1-4-5-13-12-10(15-16-19-12)6-17(3)7-11-9(2)14-8-18-11/h8,13H,4-7H2,1-3H3. The lowest BCUT2D eigenvalue weighted by Crippen LogP contribution is -2.18. The molecular weight excluding hydrogens is 278 g/mol. The molecule has 0 aliphatic carbocycles. The Labute approximate surface area is 121 Å². The molecule has 0 saturated heterocycles. The van der Waals surface area contributed by atoms with Gasteiger partial charge in [-0.15, -0.1) is 16.4 Å². The third-order valence-corrected chi connectivity index (χ3v) is 4.42. The van der Waals surface area contributed by atoms with Crippen molar-refractivity contribution in [3.8, 4) is 0 Å². The molecule has 2 rings (SSSR count). The van der Waals surface area contributed by atoms with E-state index in [4.69, 9.17) is 0 Å². The molecule has 19 heavy (non-hydrogen) atoms. The topological polar surface area (TPSA) is 53.9 Å². The minimum atomic E-state index is 0.805. The zero-order valence-electron chi connectivity index (χ0n) is 11.5. The average Bonchev–Trinajstić information content (AvgIpc) is 2.97. The van der Waals surface area contributed by atoms with Crippen molar-refractivity contribution in [2.75, 3.05) is 18.9 Å². The van der Waals surface area contributed by atoms with Crippen molar-refractivity contribution in [3.63, 3.8) is 0 Å². The minimum Gasteiger partial charge on any atom is -0.374 e. The fraction of sp³-hybridized carbons (Fsp3) is 0.583. The van der Waals surface area contributed by atoms with Gasteiger partial charge in [0.05, 0.1) is 11.2 Å². The van der Waals surface area contributed by atoms with Crippen molar-refractivity contribution in [2.24, 2.45) is 0 Å². The van der Waals surface area contributed by atoms with Crippen LogP contribution in [-0.4, -0.2) is 33.1 Å². The van der Waals surface area contributed by atoms with Gasteiger partial charge in [0.2, 0.25) is 0 Å². The lowest BCUT2D eigenvalue weighted by molar-refractivity contribution is 0.317. The summed E-state index contributed by atoms with van der Waals surface area (Å²) in [5.41, 5.74) is 4.05. The third kappa shape index (κ3) is 3.95. The summed E-state index contributed by atoms with van der Waals surface area (Å²) in [6.07, 6.45) is 1.10. The van der Waals surface area contributed by atoms with Crippen molar-refractivity contribution < 1.29 is 0 Å². The van der Waals surface area contributed by atoms with Gasteiger partial charge in [-0.05, 0) is 20.4 Å². The molecule has 0 amide bonds. The van der Waals surface area contributed by atoms with Crippen LogP contribution in [0.5, 0.6) is 0 Å². The van der Waals surface area contributed by atoms with Gasteiger partial charge in [0.1, 0.15) is 10.7 Å². The summed E-state index contributed by atoms with van der Waals surface area (Å²) in [5.74, 6) is 0. The second-order valence-electron chi connectivity index (χ2n) is 4.51. The van der Waals surface area contributed by atoms with E-state index in [0.29, 0.717) is 0 Å². The Morgan fingerprint density at radius 2 is 2.21 bits per heavy atom. The Balaban J connectivity index is 1.93. The lowest BCUT2D eigenvalue weighted by atomic mass is 10.3. The SMILES string of the molecule is CCCNc1snnc1CN(C)Cc1scnc1C. The summed E-state index contributed by atoms with van der Waals surface area (Å²) in [5, 5.41) is 8.68. The van der Waals surface area contributed by atoms with Crippen LogP contribution in [-0.2, 0) is 13.1 Å². The molecule has 0 atom stereocenters. The van der Waals surface area contributed by atoms with Gasteiger partial charge >= 0.3 is 0 Å². The predicted molar refractivity (Wildman–Crippen MR) is 80.7 cm³/mol. The molecule has 2 aromatic rings. The van der Waals surface area contributed by atoms with Crippen LogP contribution in [0.3, 0.4) is 0 Å². The fourth-order valence-corrected chi connectivity index (χ4v) is 3.17. The molecule has 2 aromatic heterocycles. The van der Waals surface area contributed by atoms with E-state index in [0.717, 1.165) is 42.4 Å². The second kappa shape index (κ2) is 6.93. The molecule has 0 aliphatic rings. The highest BCUT2D eigenvalue weighted by Crippen LogP contribution is 2.21. The van der Waals surface area contributed by atoms with Gasteiger partial charge in [-0.1, -0.05) is 11.4 Å². The molecule has 5 nitrogen and oxygen atoms in total. The monoisotopic (exact) mass is 297 g/mol. The Kier molecular flexibility index (Phi) is 5.24. The maximum absolute atomic E-state index is 4.28. The Morgan fingerprint density at radius 1 is 1.37 bits per heavy atom. The molecule has 0 bridgehead atoms. The van der Waals surface area contributed by atoms with Gasteiger partial charge in [-0.3, -0.25) is 4.90 Å². The van der Waals surface area contributed by atoms with E-state index in [1.54, 1.807) is 11.3 Å². The Bertz CT molecular complexity index is 508. The average molecular weight is 297 g/mol. The molecule has 0 saturated carbocycles. The maximum atomic E-state index is 4.28. The summed E-state index contributed by atoms with van der Waals surface area (Å²) in [4.78, 5) is 7.84. The molecule has 7 heteroatoms. The molecule has 0 aliphatic heterocycles. The summed E-state index contributed by atoms with van der Waals surface area (Å²) in [6.45, 7) is 6.88. The number of aryl methyl sites for hydroxylation is 1. The number of anilines is 1. The van der Waals surface area contributed by atoms with E-state index >= 15 is 0 Å². The first kappa shape index (κ1) is 14.4. The van der Waals surface area contributed by atoms with E-state index in [-0.39, 0.29) is 0 Å². The van der Waals surface area contributed by atoms with Crippen molar-refractivity contribution in [3.05, 3.63) is 21.8 Å². The zero-order chi connectivity index (χ0) is 13.7. The van der Waals surface area contributed by atoms with Crippen LogP contribution in [0.15, 0.2) is 5.51 Å². The first-order valence-corrected chi connectivity index (χ1v) is 7.98. The first-order chi connectivity index (χ1) is 9.20. The number of hydrogen-bond acceptors (Lipinski definition) is 7. The number of nitrogens with one attached hydrogen (secondary N) is 1. The fourth-order valence-electron chi connectivity index (χ4n) is 1.72. The van der Waals surface area contributed by atoms with Gasteiger partial charge in [0.15, 0.2) is 0 Å². The van der Waals surface area contributed by atoms with Gasteiger partial charge in [0.25, 0.3) is 0 Å². The molecule has 0 fully saturated rings. The number of rotatable bonds is 7. The lowest BCUT2D eigenvalue weighted by Gasteiger charge is -2.15. The van der Waals surface area contributed by atoms with Crippen LogP contribution >= 0.6 is 22.9 Å². The highest BCUT2D eigenvalue weighted by molar-refractivity contribution is 7.10. The van der Waals surface area contributed by atoms with Crippen LogP contribution in [0.4, 0.5) is 5.00 Å². The van der Waals surface area contributed by atoms with Crippen LogP contribution in [0.25, 0.3) is 0 Å². The smallest absolute Gasteiger partial charge is 0.134 e. The maximum Gasteiger partial charge on any atom is 0.134 e. The third-order valence-electron chi connectivity index (χ3n) is 2.77. The van der Waals surface area contributed by atoms with E-state index in [1.165, 1.54) is 16.4 Å². The summed E-state index contributed by atoms with van der Waals surface area (Å²) >= 11 is 3.14. The number of hydrogen-bond donors (Lipinski definition) is 1. The number of thiazole rings is 1. The molecule has 1 N–H and O–H groups in total. The van der Waals surface area contributed by atoms with Crippen molar-refractivity contribution in [2.45, 2.75) is 33.4 Å². The Hall–Kier alpha value is -1.05. The Morgan fingerprint density at radius 3 is 2.89 bits per heavy atom. The van der Waals surface area contributed by atoms with Crippen LogP contribution in [0.1, 0.15) is 29.6 Å². The number of aromatic nitrogens is 3. The van der Waals surface area contributed by atoms with Gasteiger partial charge in [0, 0.05) is 36.0 Å². The van der Waals surface area contributed by atoms with Crippen molar-refractivity contribution in [1.82, 2.24) is 19.5 Å². The normalized spacial score (nSPS) is 11.2. The molecule has 104 valence electrons. The largest absolute Gasteiger partial charge is 0.374 e. The quantitative estimate of drug-likeness (QED) is 0.851. The van der Waals surface area contributed by atoms with Gasteiger partial charge in [-0.25, -0.2) is 4.98 Å². The van der Waals surface area contributed by atoms with Crippen molar-refractivity contribution >= 4 is 27.9 Å². The summed E-state index contributed by atoms with van der Waals surface area (Å²) in [6, 6.07) is 0. The molecule has 0 radical (unpaired) electrons. The summed E-state index contributed by atoms with van der Waals surface area (Å²) < 4.78 is 4.04. The minimum absolute atomic E-state index is 0.805. The van der Waals surface area contributed by atoms with Gasteiger partial charge in [-0.2, -0.15) is 0 Å². The molecule has 0 unspecified atom stereocenters. The molecule has 0 spiro atoms. The molecule has 0 aromatic carbocycles. The van der Waals surface area contributed by atoms with Crippen LogP contribution < -0.4 is 5.32 Å². The summed E-state index contributed by atoms with van der Waals surface area (Å²) in [7, 11) is 2.10. The van der Waals surface area contributed by atoms with Crippen LogP contribution in [0, 0.1) is 6.92 Å². The van der Waals surface area contributed by atoms with Crippen molar-refractivity contribution in [1.29, 1.82) is 0 Å². The van der Waals surface area contributed by atoms with Crippen LogP contribution in [0.2, 0.25) is 0 Å². The van der Waals surface area contributed by atoms with E-state index in [1.807, 2.05) is 5.51 Å². The van der Waals surface area contributed by atoms with E-state index in [2.05, 4.69) is 45.7 Å². The predicted octanol–water partition coefficient (Wildman–Crippen LogP) is 2.76. The number of nitrogens with zero attached hydrogens (tertiary/aromatic N) is 4. The van der Waals surface area contributed by atoms with E-state index < -0.39 is 0 Å². The highest BCUT2D eigenvalue weighted by Gasteiger charge is 2.12. The molecular formula is C12H19N5S2. The first-order valence-electron chi connectivity index (χ1n) is 6.33. The zero-order valence-corrected chi connectivity index (χ0v) is 13.1. The second-order valence-corrected chi connectivity index (χ2v) is 6.20.